The first-order valence-electron chi connectivity index (χ1n) is 7.30. The summed E-state index contributed by atoms with van der Waals surface area (Å²) in [6.45, 7) is 0.543. The molecule has 0 bridgehead atoms. The molecule has 1 fully saturated rings. The van der Waals surface area contributed by atoms with Crippen LogP contribution < -0.4 is 15.8 Å². The van der Waals surface area contributed by atoms with Gasteiger partial charge in [0.1, 0.15) is 0 Å². The highest BCUT2D eigenvalue weighted by molar-refractivity contribution is 7.12. The summed E-state index contributed by atoms with van der Waals surface area (Å²) in [7, 11) is 0. The Hall–Kier alpha value is -2.38. The van der Waals surface area contributed by atoms with E-state index in [1.807, 2.05) is 0 Å². The quantitative estimate of drug-likeness (QED) is 0.823. The maximum atomic E-state index is 12.4. The van der Waals surface area contributed by atoms with Gasteiger partial charge in [-0.2, -0.15) is 0 Å². The van der Waals surface area contributed by atoms with Crippen LogP contribution in [0.3, 0.4) is 0 Å². The lowest BCUT2D eigenvalue weighted by molar-refractivity contribution is -0.117. The molecule has 0 unspecified atom stereocenters. The molecule has 1 aromatic heterocycles. The third-order valence-electron chi connectivity index (χ3n) is 3.60. The molecule has 0 aliphatic carbocycles. The van der Waals surface area contributed by atoms with Crippen molar-refractivity contribution in [1.29, 1.82) is 0 Å². The van der Waals surface area contributed by atoms with Crippen molar-refractivity contribution < 1.29 is 14.4 Å². The number of anilines is 1. The van der Waals surface area contributed by atoms with Crippen LogP contribution in [-0.2, 0) is 4.79 Å². The van der Waals surface area contributed by atoms with Gasteiger partial charge in [0.15, 0.2) is 0 Å². The minimum Gasteiger partial charge on any atom is -0.312 e. The molecule has 2 N–H and O–H groups in total. The molecular formula is C16H14ClN3O3S. The van der Waals surface area contributed by atoms with E-state index in [1.165, 1.54) is 17.4 Å². The standard InChI is InChI=1S/C16H14ClN3O3S/c17-10-5-6-11(12(9-10)20-7-1-4-14(20)21)15(22)18-19-16(23)13-3-2-8-24-13/h2-3,5-6,8-9H,1,4,7H2,(H,18,22)(H,19,23). The second-order valence-corrected chi connectivity index (χ2v) is 6.58. The number of hydrogen-bond donors (Lipinski definition) is 2. The Bertz CT molecular complexity index is 792. The van der Waals surface area contributed by atoms with Crippen molar-refractivity contribution in [1.82, 2.24) is 10.9 Å². The van der Waals surface area contributed by atoms with Crippen molar-refractivity contribution in [2.75, 3.05) is 11.4 Å². The number of benzene rings is 1. The SMILES string of the molecule is O=C(NNC(=O)c1ccc(Cl)cc1N1CCCC1=O)c1cccs1. The van der Waals surface area contributed by atoms with E-state index in [2.05, 4.69) is 10.9 Å². The number of carbonyl (C=O) groups excluding carboxylic acids is 3. The highest BCUT2D eigenvalue weighted by Crippen LogP contribution is 2.28. The molecule has 2 aromatic rings. The maximum Gasteiger partial charge on any atom is 0.279 e. The van der Waals surface area contributed by atoms with Crippen LogP contribution in [0, 0.1) is 0 Å². The van der Waals surface area contributed by atoms with Gasteiger partial charge in [-0.15, -0.1) is 11.3 Å². The van der Waals surface area contributed by atoms with E-state index in [-0.39, 0.29) is 11.5 Å². The lowest BCUT2D eigenvalue weighted by Gasteiger charge is -2.19. The normalized spacial score (nSPS) is 13.9. The summed E-state index contributed by atoms with van der Waals surface area (Å²) in [6.07, 6.45) is 1.18. The molecular weight excluding hydrogens is 350 g/mol. The average Bonchev–Trinajstić information content (AvgIpc) is 3.23. The first-order valence-corrected chi connectivity index (χ1v) is 8.56. The molecule has 0 radical (unpaired) electrons. The van der Waals surface area contributed by atoms with Gasteiger partial charge in [0.2, 0.25) is 5.91 Å². The highest BCUT2D eigenvalue weighted by atomic mass is 35.5. The average molecular weight is 364 g/mol. The number of carbonyl (C=O) groups is 3. The number of nitrogens with one attached hydrogen (secondary N) is 2. The van der Waals surface area contributed by atoms with E-state index >= 15 is 0 Å². The van der Waals surface area contributed by atoms with Gasteiger partial charge in [-0.05, 0) is 36.1 Å². The van der Waals surface area contributed by atoms with E-state index < -0.39 is 11.8 Å². The van der Waals surface area contributed by atoms with Crippen LogP contribution in [0.4, 0.5) is 5.69 Å². The molecule has 1 saturated heterocycles. The number of halogens is 1. The lowest BCUT2D eigenvalue weighted by atomic mass is 10.1. The molecule has 8 heteroatoms. The van der Waals surface area contributed by atoms with Gasteiger partial charge in [0.25, 0.3) is 11.8 Å². The third kappa shape index (κ3) is 3.42. The molecule has 124 valence electrons. The molecule has 1 aliphatic heterocycles. The molecule has 0 spiro atoms. The van der Waals surface area contributed by atoms with Gasteiger partial charge in [0.05, 0.1) is 16.1 Å². The minimum atomic E-state index is -0.508. The van der Waals surface area contributed by atoms with E-state index in [1.54, 1.807) is 34.5 Å². The second kappa shape index (κ2) is 7.02. The van der Waals surface area contributed by atoms with E-state index in [9.17, 15) is 14.4 Å². The predicted molar refractivity (Wildman–Crippen MR) is 92.3 cm³/mol. The molecule has 3 amide bonds. The molecule has 0 saturated carbocycles. The molecule has 2 heterocycles. The fourth-order valence-electron chi connectivity index (χ4n) is 2.47. The van der Waals surface area contributed by atoms with E-state index in [0.717, 1.165) is 6.42 Å². The van der Waals surface area contributed by atoms with Crippen molar-refractivity contribution >= 4 is 46.3 Å². The Morgan fingerprint density at radius 1 is 1.17 bits per heavy atom. The highest BCUT2D eigenvalue weighted by Gasteiger charge is 2.26. The largest absolute Gasteiger partial charge is 0.312 e. The summed E-state index contributed by atoms with van der Waals surface area (Å²) in [4.78, 5) is 38.3. The van der Waals surface area contributed by atoms with Crippen LogP contribution in [0.2, 0.25) is 5.02 Å². The summed E-state index contributed by atoms with van der Waals surface area (Å²) in [5, 5.41) is 2.20. The van der Waals surface area contributed by atoms with E-state index in [4.69, 9.17) is 11.6 Å². The fraction of sp³-hybridized carbons (Fsp3) is 0.188. The topological polar surface area (TPSA) is 78.5 Å². The van der Waals surface area contributed by atoms with Crippen molar-refractivity contribution in [2.24, 2.45) is 0 Å². The molecule has 0 atom stereocenters. The summed E-state index contributed by atoms with van der Waals surface area (Å²) in [6, 6.07) is 8.10. The summed E-state index contributed by atoms with van der Waals surface area (Å²) in [5.41, 5.74) is 5.47. The van der Waals surface area contributed by atoms with E-state index in [0.29, 0.717) is 28.6 Å². The lowest BCUT2D eigenvalue weighted by Crippen LogP contribution is -2.42. The molecule has 1 aliphatic rings. The van der Waals surface area contributed by atoms with Crippen LogP contribution in [0.1, 0.15) is 32.9 Å². The zero-order valence-electron chi connectivity index (χ0n) is 12.5. The van der Waals surface area contributed by atoms with Crippen LogP contribution in [-0.4, -0.2) is 24.3 Å². The summed E-state index contributed by atoms with van der Waals surface area (Å²) < 4.78 is 0. The van der Waals surface area contributed by atoms with Gasteiger partial charge in [-0.25, -0.2) is 0 Å². The zero-order valence-corrected chi connectivity index (χ0v) is 14.1. The van der Waals surface area contributed by atoms with Crippen molar-refractivity contribution in [3.05, 3.63) is 51.2 Å². The Morgan fingerprint density at radius 3 is 2.62 bits per heavy atom. The first kappa shape index (κ1) is 16.5. The van der Waals surface area contributed by atoms with Crippen molar-refractivity contribution in [3.63, 3.8) is 0 Å². The Labute approximate surface area is 147 Å². The Kier molecular flexibility index (Phi) is 4.82. The maximum absolute atomic E-state index is 12.4. The van der Waals surface area contributed by atoms with Gasteiger partial charge in [-0.3, -0.25) is 25.2 Å². The zero-order chi connectivity index (χ0) is 17.1. The number of hydrogen-bond acceptors (Lipinski definition) is 4. The molecule has 1 aromatic carbocycles. The Morgan fingerprint density at radius 2 is 1.96 bits per heavy atom. The minimum absolute atomic E-state index is 0.0473. The van der Waals surface area contributed by atoms with Gasteiger partial charge in [0, 0.05) is 18.0 Å². The van der Waals surface area contributed by atoms with Gasteiger partial charge in [-0.1, -0.05) is 17.7 Å². The Balaban J connectivity index is 1.77. The van der Waals surface area contributed by atoms with Crippen molar-refractivity contribution in [3.8, 4) is 0 Å². The smallest absolute Gasteiger partial charge is 0.279 e. The summed E-state index contributed by atoms with van der Waals surface area (Å²) >= 11 is 7.28. The number of nitrogens with zero attached hydrogens (tertiary/aromatic N) is 1. The van der Waals surface area contributed by atoms with Crippen LogP contribution >= 0.6 is 22.9 Å². The molecule has 6 nitrogen and oxygen atoms in total. The summed E-state index contributed by atoms with van der Waals surface area (Å²) in [5.74, 6) is -0.952. The van der Waals surface area contributed by atoms with Crippen molar-refractivity contribution in [2.45, 2.75) is 12.8 Å². The predicted octanol–water partition coefficient (Wildman–Crippen LogP) is 2.60. The molecule has 24 heavy (non-hydrogen) atoms. The number of hydrazine groups is 1. The molecule has 3 rings (SSSR count). The number of rotatable bonds is 3. The monoisotopic (exact) mass is 363 g/mol. The van der Waals surface area contributed by atoms with Crippen LogP contribution in [0.5, 0.6) is 0 Å². The number of amides is 3. The van der Waals surface area contributed by atoms with Crippen LogP contribution in [0.25, 0.3) is 0 Å². The first-order chi connectivity index (χ1) is 11.6. The second-order valence-electron chi connectivity index (χ2n) is 5.20. The van der Waals surface area contributed by atoms with Gasteiger partial charge >= 0.3 is 0 Å². The van der Waals surface area contributed by atoms with Crippen LogP contribution in [0.15, 0.2) is 35.7 Å². The van der Waals surface area contributed by atoms with Gasteiger partial charge < -0.3 is 4.90 Å². The third-order valence-corrected chi connectivity index (χ3v) is 4.71. The fourth-order valence-corrected chi connectivity index (χ4v) is 3.26. The number of thiophene rings is 1.